The Kier molecular flexibility index (Phi) is 5.76. The summed E-state index contributed by atoms with van der Waals surface area (Å²) in [5, 5.41) is 18.9. The van der Waals surface area contributed by atoms with Gasteiger partial charge < -0.3 is 15.7 Å². The molecule has 0 fully saturated rings. The van der Waals surface area contributed by atoms with E-state index in [-0.39, 0.29) is 31.6 Å². The fourth-order valence-electron chi connectivity index (χ4n) is 2.49. The smallest absolute Gasteiger partial charge is 0.241 e. The molecule has 0 saturated heterocycles. The summed E-state index contributed by atoms with van der Waals surface area (Å²) in [6, 6.07) is 6.43. The van der Waals surface area contributed by atoms with Crippen LogP contribution in [0.15, 0.2) is 30.6 Å². The summed E-state index contributed by atoms with van der Waals surface area (Å²) in [5.74, 6) is -0.170. The minimum atomic E-state index is -0.170. The molecule has 0 aliphatic heterocycles. The quantitative estimate of drug-likeness (QED) is 0.727. The van der Waals surface area contributed by atoms with Crippen molar-refractivity contribution in [1.82, 2.24) is 15.1 Å². The maximum Gasteiger partial charge on any atom is 0.241 e. The Morgan fingerprint density at radius 1 is 1.39 bits per heavy atom. The molecule has 0 aliphatic rings. The fraction of sp³-hybridized carbons (Fsp3) is 0.412. The van der Waals surface area contributed by atoms with Crippen molar-refractivity contribution in [3.05, 3.63) is 47.3 Å². The van der Waals surface area contributed by atoms with Crippen LogP contribution in [0.4, 0.5) is 5.69 Å². The van der Waals surface area contributed by atoms with Crippen molar-refractivity contribution < 1.29 is 9.90 Å². The van der Waals surface area contributed by atoms with Gasteiger partial charge >= 0.3 is 0 Å². The molecule has 2 rings (SSSR count). The van der Waals surface area contributed by atoms with Crippen molar-refractivity contribution in [3.8, 4) is 0 Å². The van der Waals surface area contributed by atoms with E-state index in [2.05, 4.69) is 54.7 Å². The molecule has 1 aromatic carbocycles. The van der Waals surface area contributed by atoms with E-state index in [9.17, 15) is 4.79 Å². The molecule has 23 heavy (non-hydrogen) atoms. The van der Waals surface area contributed by atoms with Crippen LogP contribution >= 0.6 is 0 Å². The maximum atomic E-state index is 11.6. The van der Waals surface area contributed by atoms with Gasteiger partial charge in [0.1, 0.15) is 6.54 Å². The molecule has 2 aromatic rings. The lowest BCUT2D eigenvalue weighted by atomic mass is 9.98. The van der Waals surface area contributed by atoms with Gasteiger partial charge in [-0.3, -0.25) is 9.48 Å². The van der Waals surface area contributed by atoms with E-state index in [1.54, 1.807) is 17.1 Å². The topological polar surface area (TPSA) is 79.2 Å². The normalized spacial score (nSPS) is 12.0. The van der Waals surface area contributed by atoms with Gasteiger partial charge in [0, 0.05) is 18.8 Å². The number of nitrogens with zero attached hydrogens (tertiary/aromatic N) is 2. The largest absolute Gasteiger partial charge is 0.395 e. The highest BCUT2D eigenvalue weighted by Gasteiger charge is 2.11. The number of anilines is 1. The van der Waals surface area contributed by atoms with E-state index in [4.69, 9.17) is 5.11 Å². The van der Waals surface area contributed by atoms with Gasteiger partial charge in [-0.25, -0.2) is 0 Å². The number of hydrogen-bond donors (Lipinski definition) is 3. The number of aliphatic hydroxyl groups excluding tert-OH is 1. The van der Waals surface area contributed by atoms with Gasteiger partial charge in [0.25, 0.3) is 0 Å². The van der Waals surface area contributed by atoms with E-state index in [0.29, 0.717) is 0 Å². The molecular weight excluding hydrogens is 292 g/mol. The first-order chi connectivity index (χ1) is 11.0. The lowest BCUT2D eigenvalue weighted by Gasteiger charge is -2.17. The summed E-state index contributed by atoms with van der Waals surface area (Å²) in [4.78, 5) is 11.6. The van der Waals surface area contributed by atoms with Gasteiger partial charge in [-0.2, -0.15) is 5.10 Å². The minimum absolute atomic E-state index is 0.0645. The van der Waals surface area contributed by atoms with Crippen LogP contribution in [0.1, 0.15) is 29.7 Å². The summed E-state index contributed by atoms with van der Waals surface area (Å²) >= 11 is 0. The van der Waals surface area contributed by atoms with Crippen LogP contribution in [0.25, 0.3) is 0 Å². The van der Waals surface area contributed by atoms with E-state index in [1.165, 1.54) is 16.7 Å². The van der Waals surface area contributed by atoms with Crippen molar-refractivity contribution >= 4 is 11.6 Å². The predicted octanol–water partition coefficient (Wildman–Crippen LogP) is 1.78. The van der Waals surface area contributed by atoms with Crippen LogP contribution in [0, 0.1) is 13.8 Å². The number of nitrogens with one attached hydrogen (secondary N) is 2. The zero-order valence-electron chi connectivity index (χ0n) is 13.8. The number of benzene rings is 1. The van der Waals surface area contributed by atoms with Crippen molar-refractivity contribution in [2.24, 2.45) is 0 Å². The second-order valence-corrected chi connectivity index (χ2v) is 5.66. The van der Waals surface area contributed by atoms with Gasteiger partial charge in [0.05, 0.1) is 18.5 Å². The standard InChI is InChI=1S/C17H24N4O2/c1-12-5-4-6-16(13(12)2)14(3)20-15-9-19-21(10-15)11-17(23)18-7-8-22/h4-6,9-10,14,20,22H,7-8,11H2,1-3H3,(H,18,23). The van der Waals surface area contributed by atoms with Crippen molar-refractivity contribution in [3.63, 3.8) is 0 Å². The number of aryl methyl sites for hydroxylation is 1. The summed E-state index contributed by atoms with van der Waals surface area (Å²) in [5.41, 5.74) is 4.67. The highest BCUT2D eigenvalue weighted by Crippen LogP contribution is 2.23. The Morgan fingerprint density at radius 3 is 2.91 bits per heavy atom. The first kappa shape index (κ1) is 17.0. The number of carbonyl (C=O) groups is 1. The second kappa shape index (κ2) is 7.78. The predicted molar refractivity (Wildman–Crippen MR) is 90.3 cm³/mol. The molecule has 1 amide bonds. The van der Waals surface area contributed by atoms with Crippen LogP contribution in [0.2, 0.25) is 0 Å². The van der Waals surface area contributed by atoms with Crippen LogP contribution < -0.4 is 10.6 Å². The Labute approximate surface area is 136 Å². The highest BCUT2D eigenvalue weighted by molar-refractivity contribution is 5.75. The number of hydrogen-bond acceptors (Lipinski definition) is 4. The SMILES string of the molecule is Cc1cccc(C(C)Nc2cnn(CC(=O)NCCO)c2)c1C. The molecule has 0 aliphatic carbocycles. The lowest BCUT2D eigenvalue weighted by molar-refractivity contribution is -0.122. The highest BCUT2D eigenvalue weighted by atomic mass is 16.3. The Morgan fingerprint density at radius 2 is 2.17 bits per heavy atom. The molecule has 1 atom stereocenters. The maximum absolute atomic E-state index is 11.6. The zero-order valence-corrected chi connectivity index (χ0v) is 13.8. The summed E-state index contributed by atoms with van der Waals surface area (Å²) in [6.45, 7) is 6.67. The van der Waals surface area contributed by atoms with Crippen molar-refractivity contribution in [2.45, 2.75) is 33.4 Å². The molecule has 1 heterocycles. The van der Waals surface area contributed by atoms with E-state index >= 15 is 0 Å². The first-order valence-corrected chi connectivity index (χ1v) is 7.74. The number of aromatic nitrogens is 2. The molecule has 3 N–H and O–H groups in total. The number of carbonyl (C=O) groups excluding carboxylic acids is 1. The molecule has 124 valence electrons. The average Bonchev–Trinajstić information content (AvgIpc) is 2.94. The average molecular weight is 316 g/mol. The van der Waals surface area contributed by atoms with Crippen LogP contribution in [-0.4, -0.2) is 33.9 Å². The van der Waals surface area contributed by atoms with E-state index in [0.717, 1.165) is 5.69 Å². The van der Waals surface area contributed by atoms with Crippen LogP contribution in [0.5, 0.6) is 0 Å². The molecule has 1 aromatic heterocycles. The molecular formula is C17H24N4O2. The van der Waals surface area contributed by atoms with Gasteiger partial charge in [0.15, 0.2) is 0 Å². The third kappa shape index (κ3) is 4.56. The molecule has 0 spiro atoms. The molecule has 0 bridgehead atoms. The van der Waals surface area contributed by atoms with Gasteiger partial charge in [-0.05, 0) is 37.5 Å². The van der Waals surface area contributed by atoms with Gasteiger partial charge in [0.2, 0.25) is 5.91 Å². The third-order valence-corrected chi connectivity index (χ3v) is 3.87. The number of amides is 1. The van der Waals surface area contributed by atoms with E-state index in [1.807, 2.05) is 0 Å². The van der Waals surface area contributed by atoms with Crippen molar-refractivity contribution in [1.29, 1.82) is 0 Å². The fourth-order valence-corrected chi connectivity index (χ4v) is 2.49. The summed E-state index contributed by atoms with van der Waals surface area (Å²) < 4.78 is 1.57. The Bertz CT molecular complexity index is 666. The second-order valence-electron chi connectivity index (χ2n) is 5.66. The lowest BCUT2D eigenvalue weighted by Crippen LogP contribution is -2.30. The summed E-state index contributed by atoms with van der Waals surface area (Å²) in [6.07, 6.45) is 3.51. The van der Waals surface area contributed by atoms with Crippen LogP contribution in [0.3, 0.4) is 0 Å². The molecule has 0 radical (unpaired) electrons. The molecule has 6 heteroatoms. The monoisotopic (exact) mass is 316 g/mol. The third-order valence-electron chi connectivity index (χ3n) is 3.87. The molecule has 6 nitrogen and oxygen atoms in total. The van der Waals surface area contributed by atoms with E-state index < -0.39 is 0 Å². The molecule has 0 saturated carbocycles. The molecule has 1 unspecified atom stereocenters. The zero-order chi connectivity index (χ0) is 16.8. The van der Waals surface area contributed by atoms with Gasteiger partial charge in [-0.1, -0.05) is 18.2 Å². The van der Waals surface area contributed by atoms with Crippen molar-refractivity contribution in [2.75, 3.05) is 18.5 Å². The van der Waals surface area contributed by atoms with Gasteiger partial charge in [-0.15, -0.1) is 0 Å². The minimum Gasteiger partial charge on any atom is -0.395 e. The van der Waals surface area contributed by atoms with Crippen LogP contribution in [-0.2, 0) is 11.3 Å². The summed E-state index contributed by atoms with van der Waals surface area (Å²) in [7, 11) is 0. The number of aliphatic hydroxyl groups is 1. The Hall–Kier alpha value is -2.34. The Balaban J connectivity index is 1.98. The first-order valence-electron chi connectivity index (χ1n) is 7.74. The number of rotatable bonds is 7.